The van der Waals surface area contributed by atoms with Crippen LogP contribution < -0.4 is 0 Å². The first-order valence-electron chi connectivity index (χ1n) is 6.52. The highest BCUT2D eigenvalue weighted by atomic mass is 32.2. The van der Waals surface area contributed by atoms with E-state index in [9.17, 15) is 5.11 Å². The zero-order valence-electron chi connectivity index (χ0n) is 11.5. The maximum Gasteiger partial charge on any atom is 0.247 e. The van der Waals surface area contributed by atoms with Gasteiger partial charge in [-0.2, -0.15) is 0 Å². The lowest BCUT2D eigenvalue weighted by molar-refractivity contribution is 0.474. The van der Waals surface area contributed by atoms with E-state index in [0.717, 1.165) is 16.0 Å². The fraction of sp³-hybridized carbons (Fsp3) is 0.125. The van der Waals surface area contributed by atoms with E-state index in [4.69, 9.17) is 4.42 Å². The molecule has 0 aliphatic heterocycles. The fourth-order valence-electron chi connectivity index (χ4n) is 1.93. The summed E-state index contributed by atoms with van der Waals surface area (Å²) in [6, 6.07) is 15.1. The first-order valence-corrected chi connectivity index (χ1v) is 7.50. The van der Waals surface area contributed by atoms with Crippen LogP contribution in [0.2, 0.25) is 0 Å². The van der Waals surface area contributed by atoms with Crippen LogP contribution in [-0.4, -0.2) is 15.3 Å². The number of aromatic hydroxyl groups is 1. The summed E-state index contributed by atoms with van der Waals surface area (Å²) in [5, 5.41) is 17.6. The van der Waals surface area contributed by atoms with Crippen LogP contribution in [0.5, 0.6) is 5.75 Å². The van der Waals surface area contributed by atoms with Gasteiger partial charge < -0.3 is 9.52 Å². The van der Waals surface area contributed by atoms with E-state index < -0.39 is 0 Å². The van der Waals surface area contributed by atoms with Crippen molar-refractivity contribution in [2.24, 2.45) is 0 Å². The van der Waals surface area contributed by atoms with Crippen molar-refractivity contribution >= 4 is 11.8 Å². The van der Waals surface area contributed by atoms with Gasteiger partial charge in [0.05, 0.1) is 5.75 Å². The third kappa shape index (κ3) is 3.44. The summed E-state index contributed by atoms with van der Waals surface area (Å²) in [5.74, 6) is 1.93. The molecule has 0 spiro atoms. The lowest BCUT2D eigenvalue weighted by Crippen LogP contribution is -1.80. The molecule has 2 aromatic carbocycles. The molecule has 0 amide bonds. The van der Waals surface area contributed by atoms with Gasteiger partial charge in [0, 0.05) is 10.5 Å². The number of aryl methyl sites for hydroxylation is 1. The van der Waals surface area contributed by atoms with Gasteiger partial charge >= 0.3 is 0 Å². The summed E-state index contributed by atoms with van der Waals surface area (Å²) in [7, 11) is 0. The standard InChI is InChI=1S/C16H14N2O2S/c1-11-4-2-5-12(8-11)16-18-17-15(20-16)10-21-14-7-3-6-13(19)9-14/h2-9,19H,10H2,1H3. The SMILES string of the molecule is Cc1cccc(-c2nnc(CSc3cccc(O)c3)o2)c1. The minimum atomic E-state index is 0.256. The summed E-state index contributed by atoms with van der Waals surface area (Å²) in [5.41, 5.74) is 2.08. The Morgan fingerprint density at radius 2 is 1.95 bits per heavy atom. The number of phenolic OH excluding ortho intramolecular Hbond substituents is 1. The third-order valence-electron chi connectivity index (χ3n) is 2.91. The van der Waals surface area contributed by atoms with Crippen molar-refractivity contribution in [3.63, 3.8) is 0 Å². The van der Waals surface area contributed by atoms with Crippen LogP contribution in [0.1, 0.15) is 11.5 Å². The van der Waals surface area contributed by atoms with Gasteiger partial charge in [0.2, 0.25) is 11.8 Å². The molecule has 1 N–H and O–H groups in total. The van der Waals surface area contributed by atoms with E-state index in [-0.39, 0.29) is 5.75 Å². The second kappa shape index (κ2) is 6.01. The second-order valence-electron chi connectivity index (χ2n) is 4.66. The number of phenols is 1. The van der Waals surface area contributed by atoms with Crippen LogP contribution in [0.15, 0.2) is 57.8 Å². The molecule has 21 heavy (non-hydrogen) atoms. The van der Waals surface area contributed by atoms with Crippen LogP contribution in [-0.2, 0) is 5.75 Å². The van der Waals surface area contributed by atoms with Crippen LogP contribution in [0, 0.1) is 6.92 Å². The van der Waals surface area contributed by atoms with Gasteiger partial charge in [-0.3, -0.25) is 0 Å². The van der Waals surface area contributed by atoms with Crippen LogP contribution in [0.3, 0.4) is 0 Å². The average molecular weight is 298 g/mol. The highest BCUT2D eigenvalue weighted by Gasteiger charge is 2.09. The molecule has 0 saturated carbocycles. The molecular formula is C16H14N2O2S. The Morgan fingerprint density at radius 1 is 1.10 bits per heavy atom. The molecule has 4 nitrogen and oxygen atoms in total. The Hall–Kier alpha value is -2.27. The van der Waals surface area contributed by atoms with Crippen LogP contribution >= 0.6 is 11.8 Å². The molecular weight excluding hydrogens is 284 g/mol. The Balaban J connectivity index is 1.71. The normalized spacial score (nSPS) is 10.7. The van der Waals surface area contributed by atoms with Gasteiger partial charge in [0.15, 0.2) is 0 Å². The molecule has 0 unspecified atom stereocenters. The predicted octanol–water partition coefficient (Wildman–Crippen LogP) is 4.04. The Kier molecular flexibility index (Phi) is 3.92. The number of rotatable bonds is 4. The van der Waals surface area contributed by atoms with Crippen molar-refractivity contribution in [2.75, 3.05) is 0 Å². The van der Waals surface area contributed by atoms with E-state index in [0.29, 0.717) is 17.5 Å². The molecule has 0 saturated heterocycles. The topological polar surface area (TPSA) is 59.2 Å². The first kappa shape index (κ1) is 13.7. The lowest BCUT2D eigenvalue weighted by Gasteiger charge is -1.99. The number of hydrogen-bond acceptors (Lipinski definition) is 5. The predicted molar refractivity (Wildman–Crippen MR) is 82.1 cm³/mol. The van der Waals surface area contributed by atoms with Gasteiger partial charge in [0.25, 0.3) is 0 Å². The molecule has 0 aliphatic carbocycles. The van der Waals surface area contributed by atoms with E-state index >= 15 is 0 Å². The molecule has 0 bridgehead atoms. The maximum atomic E-state index is 9.42. The summed E-state index contributed by atoms with van der Waals surface area (Å²) in [6.07, 6.45) is 0. The maximum absolute atomic E-state index is 9.42. The number of thioether (sulfide) groups is 1. The van der Waals surface area contributed by atoms with Crippen molar-refractivity contribution in [1.29, 1.82) is 0 Å². The highest BCUT2D eigenvalue weighted by molar-refractivity contribution is 7.98. The van der Waals surface area contributed by atoms with E-state index in [1.807, 2.05) is 43.3 Å². The zero-order chi connectivity index (χ0) is 14.7. The van der Waals surface area contributed by atoms with Crippen molar-refractivity contribution in [3.05, 3.63) is 60.0 Å². The molecule has 106 valence electrons. The number of hydrogen-bond donors (Lipinski definition) is 1. The third-order valence-corrected chi connectivity index (χ3v) is 3.89. The van der Waals surface area contributed by atoms with E-state index in [2.05, 4.69) is 10.2 Å². The minimum Gasteiger partial charge on any atom is -0.508 e. The minimum absolute atomic E-state index is 0.256. The molecule has 3 aromatic rings. The van der Waals surface area contributed by atoms with Crippen molar-refractivity contribution < 1.29 is 9.52 Å². The van der Waals surface area contributed by atoms with Crippen molar-refractivity contribution in [1.82, 2.24) is 10.2 Å². The Bertz CT molecular complexity index is 755. The van der Waals surface area contributed by atoms with Gasteiger partial charge in [-0.15, -0.1) is 22.0 Å². The molecule has 3 rings (SSSR count). The number of aromatic nitrogens is 2. The summed E-state index contributed by atoms with van der Waals surface area (Å²) < 4.78 is 5.67. The van der Waals surface area contributed by atoms with Gasteiger partial charge in [-0.25, -0.2) is 0 Å². The van der Waals surface area contributed by atoms with E-state index in [1.165, 1.54) is 0 Å². The molecule has 1 heterocycles. The number of benzene rings is 2. The van der Waals surface area contributed by atoms with E-state index in [1.54, 1.807) is 23.9 Å². The Labute approximate surface area is 126 Å². The zero-order valence-corrected chi connectivity index (χ0v) is 12.3. The van der Waals surface area contributed by atoms with Gasteiger partial charge in [-0.1, -0.05) is 23.8 Å². The molecule has 0 atom stereocenters. The van der Waals surface area contributed by atoms with Gasteiger partial charge in [0.1, 0.15) is 5.75 Å². The lowest BCUT2D eigenvalue weighted by atomic mass is 10.1. The monoisotopic (exact) mass is 298 g/mol. The first-order chi connectivity index (χ1) is 10.2. The summed E-state index contributed by atoms with van der Waals surface area (Å²) >= 11 is 1.54. The quantitative estimate of drug-likeness (QED) is 0.736. The largest absolute Gasteiger partial charge is 0.508 e. The highest BCUT2D eigenvalue weighted by Crippen LogP contribution is 2.26. The van der Waals surface area contributed by atoms with Crippen molar-refractivity contribution in [2.45, 2.75) is 17.6 Å². The smallest absolute Gasteiger partial charge is 0.247 e. The Morgan fingerprint density at radius 3 is 2.76 bits per heavy atom. The molecule has 5 heteroatoms. The molecule has 0 fully saturated rings. The summed E-state index contributed by atoms with van der Waals surface area (Å²) in [6.45, 7) is 2.03. The average Bonchev–Trinajstić information content (AvgIpc) is 2.94. The summed E-state index contributed by atoms with van der Waals surface area (Å²) in [4.78, 5) is 0.963. The molecule has 0 radical (unpaired) electrons. The number of nitrogens with zero attached hydrogens (tertiary/aromatic N) is 2. The second-order valence-corrected chi connectivity index (χ2v) is 5.71. The van der Waals surface area contributed by atoms with Gasteiger partial charge in [-0.05, 0) is 37.3 Å². The van der Waals surface area contributed by atoms with Crippen molar-refractivity contribution in [3.8, 4) is 17.2 Å². The fourth-order valence-corrected chi connectivity index (χ4v) is 2.71. The molecule has 0 aliphatic rings. The van der Waals surface area contributed by atoms with Crippen LogP contribution in [0.4, 0.5) is 0 Å². The van der Waals surface area contributed by atoms with Crippen LogP contribution in [0.25, 0.3) is 11.5 Å². The molecule has 1 aromatic heterocycles.